The summed E-state index contributed by atoms with van der Waals surface area (Å²) in [7, 11) is 1.63. The maximum absolute atomic E-state index is 12.4. The van der Waals surface area contributed by atoms with Crippen LogP contribution in [-0.2, 0) is 9.53 Å². The fourth-order valence-corrected chi connectivity index (χ4v) is 3.30. The molecule has 3 aromatic rings. The zero-order valence-electron chi connectivity index (χ0n) is 14.6. The van der Waals surface area contributed by atoms with Crippen molar-refractivity contribution in [2.24, 2.45) is 5.92 Å². The average Bonchev–Trinajstić information content (AvgIpc) is 3.16. The molecule has 2 N–H and O–H groups in total. The second-order valence-electron chi connectivity index (χ2n) is 6.43. The highest BCUT2D eigenvalue weighted by Gasteiger charge is 2.22. The highest BCUT2D eigenvalue weighted by atomic mass is 16.5. The number of pyridine rings is 1. The Kier molecular flexibility index (Phi) is 4.58. The first-order valence-corrected chi connectivity index (χ1v) is 8.75. The van der Waals surface area contributed by atoms with Crippen molar-refractivity contribution < 1.29 is 14.3 Å². The summed E-state index contributed by atoms with van der Waals surface area (Å²) in [5, 5.41) is 4.04. The van der Waals surface area contributed by atoms with Gasteiger partial charge in [0.05, 0.1) is 7.11 Å². The van der Waals surface area contributed by atoms with E-state index >= 15 is 0 Å². The molecule has 0 radical (unpaired) electrons. The Balaban J connectivity index is 1.58. The molecule has 0 saturated carbocycles. The van der Waals surface area contributed by atoms with E-state index in [-0.39, 0.29) is 11.8 Å². The van der Waals surface area contributed by atoms with Gasteiger partial charge in [0.25, 0.3) is 0 Å². The number of carbonyl (C=O) groups excluding carboxylic acids is 1. The van der Waals surface area contributed by atoms with E-state index < -0.39 is 0 Å². The molecule has 4 rings (SSSR count). The summed E-state index contributed by atoms with van der Waals surface area (Å²) in [5.74, 6) is 0.750. The number of aromatic amines is 1. The molecule has 0 aliphatic carbocycles. The smallest absolute Gasteiger partial charge is 0.227 e. The van der Waals surface area contributed by atoms with E-state index in [1.54, 1.807) is 7.11 Å². The normalized spacial score (nSPS) is 15.1. The molecule has 6 heteroatoms. The van der Waals surface area contributed by atoms with Crippen LogP contribution in [0.5, 0.6) is 5.75 Å². The van der Waals surface area contributed by atoms with E-state index in [2.05, 4.69) is 21.4 Å². The van der Waals surface area contributed by atoms with Crippen molar-refractivity contribution in [3.05, 3.63) is 42.7 Å². The second kappa shape index (κ2) is 7.17. The lowest BCUT2D eigenvalue weighted by Gasteiger charge is -2.21. The third-order valence-electron chi connectivity index (χ3n) is 4.77. The Hall–Kier alpha value is -2.86. The lowest BCUT2D eigenvalue weighted by Crippen LogP contribution is -2.28. The third kappa shape index (κ3) is 3.28. The van der Waals surface area contributed by atoms with Crippen LogP contribution in [0.2, 0.25) is 0 Å². The number of methoxy groups -OCH3 is 1. The molecule has 1 amide bonds. The molecule has 1 aromatic carbocycles. The predicted molar refractivity (Wildman–Crippen MR) is 100 cm³/mol. The van der Waals surface area contributed by atoms with Gasteiger partial charge in [-0.05, 0) is 37.1 Å². The third-order valence-corrected chi connectivity index (χ3v) is 4.77. The molecule has 3 heterocycles. The van der Waals surface area contributed by atoms with Gasteiger partial charge in [-0.2, -0.15) is 0 Å². The molecule has 134 valence electrons. The van der Waals surface area contributed by atoms with E-state index in [1.165, 1.54) is 0 Å². The minimum Gasteiger partial charge on any atom is -0.496 e. The molecule has 0 spiro atoms. The number of fused-ring (bicyclic) bond motifs is 1. The minimum atomic E-state index is 0.00891. The number of amides is 1. The molecule has 1 fully saturated rings. The minimum absolute atomic E-state index is 0.00891. The Labute approximate surface area is 151 Å². The van der Waals surface area contributed by atoms with Gasteiger partial charge in [-0.3, -0.25) is 4.79 Å². The Bertz CT molecular complexity index is 929. The molecular formula is C20H21N3O3. The number of aromatic nitrogens is 2. The van der Waals surface area contributed by atoms with Gasteiger partial charge in [0.15, 0.2) is 0 Å². The SMILES string of the molecule is COc1cc(NC(=O)C2CCOCC2)ccc1-c1cnc2[nH]ccc2c1. The van der Waals surface area contributed by atoms with Crippen molar-refractivity contribution in [2.45, 2.75) is 12.8 Å². The summed E-state index contributed by atoms with van der Waals surface area (Å²) >= 11 is 0. The molecule has 6 nitrogen and oxygen atoms in total. The number of H-pyrrole nitrogens is 1. The van der Waals surface area contributed by atoms with Gasteiger partial charge in [-0.25, -0.2) is 4.98 Å². The van der Waals surface area contributed by atoms with Crippen molar-refractivity contribution in [1.82, 2.24) is 9.97 Å². The Morgan fingerprint density at radius 2 is 2.12 bits per heavy atom. The van der Waals surface area contributed by atoms with Crippen molar-refractivity contribution in [3.63, 3.8) is 0 Å². The van der Waals surface area contributed by atoms with Crippen LogP contribution in [0.4, 0.5) is 5.69 Å². The van der Waals surface area contributed by atoms with Gasteiger partial charge in [0.2, 0.25) is 5.91 Å². The number of hydrogen-bond acceptors (Lipinski definition) is 4. The zero-order chi connectivity index (χ0) is 17.9. The number of benzene rings is 1. The van der Waals surface area contributed by atoms with Crippen LogP contribution in [0, 0.1) is 5.92 Å². The first-order chi connectivity index (χ1) is 12.7. The lowest BCUT2D eigenvalue weighted by atomic mass is 9.99. The first kappa shape index (κ1) is 16.6. The number of hydrogen-bond donors (Lipinski definition) is 2. The molecule has 2 aromatic heterocycles. The molecule has 26 heavy (non-hydrogen) atoms. The van der Waals surface area contributed by atoms with Crippen molar-refractivity contribution in [2.75, 3.05) is 25.6 Å². The predicted octanol–water partition coefficient (Wildman–Crippen LogP) is 3.60. The van der Waals surface area contributed by atoms with E-state index in [1.807, 2.05) is 36.7 Å². The van der Waals surface area contributed by atoms with Crippen LogP contribution in [0.25, 0.3) is 22.2 Å². The average molecular weight is 351 g/mol. The fourth-order valence-electron chi connectivity index (χ4n) is 3.30. The van der Waals surface area contributed by atoms with E-state index in [0.717, 1.165) is 40.7 Å². The summed E-state index contributed by atoms with van der Waals surface area (Å²) < 4.78 is 10.9. The van der Waals surface area contributed by atoms with Gasteiger partial charge < -0.3 is 19.8 Å². The molecule has 0 bridgehead atoms. The highest BCUT2D eigenvalue weighted by Crippen LogP contribution is 2.33. The van der Waals surface area contributed by atoms with Crippen molar-refractivity contribution >= 4 is 22.6 Å². The number of carbonyl (C=O) groups is 1. The number of rotatable bonds is 4. The van der Waals surface area contributed by atoms with E-state index in [9.17, 15) is 4.79 Å². The van der Waals surface area contributed by atoms with Crippen LogP contribution >= 0.6 is 0 Å². The maximum atomic E-state index is 12.4. The number of anilines is 1. The summed E-state index contributed by atoms with van der Waals surface area (Å²) in [4.78, 5) is 19.9. The topological polar surface area (TPSA) is 76.2 Å². The van der Waals surface area contributed by atoms with E-state index in [0.29, 0.717) is 19.0 Å². The van der Waals surface area contributed by atoms with Crippen LogP contribution < -0.4 is 10.1 Å². The molecule has 1 saturated heterocycles. The molecule has 0 unspecified atom stereocenters. The standard InChI is InChI=1S/C20H21N3O3/c1-25-18-11-16(23-20(24)13-5-8-26-9-6-13)2-3-17(18)15-10-14-4-7-21-19(14)22-12-15/h2-4,7,10-13H,5-6,8-9H2,1H3,(H,21,22)(H,23,24). The Morgan fingerprint density at radius 3 is 2.92 bits per heavy atom. The quantitative estimate of drug-likeness (QED) is 0.753. The van der Waals surface area contributed by atoms with Gasteiger partial charge >= 0.3 is 0 Å². The highest BCUT2D eigenvalue weighted by molar-refractivity contribution is 5.93. The molecule has 1 aliphatic heterocycles. The van der Waals surface area contributed by atoms with E-state index in [4.69, 9.17) is 9.47 Å². The molecule has 0 atom stereocenters. The van der Waals surface area contributed by atoms with Crippen LogP contribution in [0.1, 0.15) is 12.8 Å². The summed E-state index contributed by atoms with van der Waals surface area (Å²) in [6.07, 6.45) is 5.22. The summed E-state index contributed by atoms with van der Waals surface area (Å²) in [6.45, 7) is 1.30. The Morgan fingerprint density at radius 1 is 1.27 bits per heavy atom. The monoisotopic (exact) mass is 351 g/mol. The zero-order valence-corrected chi connectivity index (χ0v) is 14.6. The first-order valence-electron chi connectivity index (χ1n) is 8.75. The van der Waals surface area contributed by atoms with Crippen LogP contribution in [-0.4, -0.2) is 36.2 Å². The molecule has 1 aliphatic rings. The van der Waals surface area contributed by atoms with Crippen molar-refractivity contribution in [3.8, 4) is 16.9 Å². The van der Waals surface area contributed by atoms with Gasteiger partial charge in [-0.1, -0.05) is 0 Å². The van der Waals surface area contributed by atoms with Gasteiger partial charge in [0.1, 0.15) is 11.4 Å². The summed E-state index contributed by atoms with van der Waals surface area (Å²) in [6, 6.07) is 9.76. The lowest BCUT2D eigenvalue weighted by molar-refractivity contribution is -0.122. The summed E-state index contributed by atoms with van der Waals surface area (Å²) in [5.41, 5.74) is 3.49. The molecular weight excluding hydrogens is 330 g/mol. The second-order valence-corrected chi connectivity index (χ2v) is 6.43. The van der Waals surface area contributed by atoms with Crippen LogP contribution in [0.3, 0.4) is 0 Å². The van der Waals surface area contributed by atoms with Crippen molar-refractivity contribution in [1.29, 1.82) is 0 Å². The largest absolute Gasteiger partial charge is 0.496 e. The fraction of sp³-hybridized carbons (Fsp3) is 0.300. The number of ether oxygens (including phenoxy) is 2. The maximum Gasteiger partial charge on any atom is 0.227 e. The van der Waals surface area contributed by atoms with Crippen LogP contribution in [0.15, 0.2) is 42.7 Å². The van der Waals surface area contributed by atoms with Gasteiger partial charge in [-0.15, -0.1) is 0 Å². The number of nitrogens with one attached hydrogen (secondary N) is 2. The number of nitrogens with zero attached hydrogens (tertiary/aromatic N) is 1. The van der Waals surface area contributed by atoms with Gasteiger partial charge in [0, 0.05) is 59.8 Å².